The number of carbonyl (C=O) groups is 1. The Kier molecular flexibility index (Phi) is 4.77. The second kappa shape index (κ2) is 6.19. The lowest BCUT2D eigenvalue weighted by atomic mass is 9.98. The van der Waals surface area contributed by atoms with Gasteiger partial charge in [-0.3, -0.25) is 0 Å². The van der Waals surface area contributed by atoms with Gasteiger partial charge in [0.25, 0.3) is 10.0 Å². The maximum atomic E-state index is 12.6. The third-order valence-electron chi connectivity index (χ3n) is 3.70. The van der Waals surface area contributed by atoms with Crippen LogP contribution in [-0.2, 0) is 10.0 Å². The summed E-state index contributed by atoms with van der Waals surface area (Å²) in [4.78, 5) is 14.7. The highest BCUT2D eigenvalue weighted by Crippen LogP contribution is 2.28. The highest BCUT2D eigenvalue weighted by atomic mass is 32.2. The van der Waals surface area contributed by atoms with E-state index in [1.54, 1.807) is 0 Å². The molecule has 6 nitrogen and oxygen atoms in total. The lowest BCUT2D eigenvalue weighted by molar-refractivity contribution is 0.0687. The van der Waals surface area contributed by atoms with Gasteiger partial charge in [-0.2, -0.15) is 4.31 Å². The summed E-state index contributed by atoms with van der Waals surface area (Å²) in [5.74, 6) is -0.748. The zero-order chi connectivity index (χ0) is 14.8. The molecule has 20 heavy (non-hydrogen) atoms. The van der Waals surface area contributed by atoms with Crippen LogP contribution in [0.25, 0.3) is 0 Å². The molecule has 8 heteroatoms. The molecule has 1 aromatic heterocycles. The summed E-state index contributed by atoms with van der Waals surface area (Å²) in [5.41, 5.74) is 0.898. The minimum atomic E-state index is -3.74. The first kappa shape index (κ1) is 15.4. The smallest absolute Gasteiger partial charge is 0.356 e. The van der Waals surface area contributed by atoms with Crippen molar-refractivity contribution in [1.82, 2.24) is 9.29 Å². The van der Waals surface area contributed by atoms with Gasteiger partial charge in [0, 0.05) is 13.1 Å². The third-order valence-corrected chi connectivity index (χ3v) is 6.94. The molecule has 0 amide bonds. The number of aromatic carboxylic acids is 1. The van der Waals surface area contributed by atoms with Crippen molar-refractivity contribution in [3.63, 3.8) is 0 Å². The van der Waals surface area contributed by atoms with E-state index in [2.05, 4.69) is 11.9 Å². The predicted molar refractivity (Wildman–Crippen MR) is 75.5 cm³/mol. The number of hydrogen-bond acceptors (Lipinski definition) is 5. The highest BCUT2D eigenvalue weighted by molar-refractivity contribution is 7.91. The summed E-state index contributed by atoms with van der Waals surface area (Å²) < 4.78 is 26.4. The quantitative estimate of drug-likeness (QED) is 0.918. The first-order chi connectivity index (χ1) is 9.46. The molecule has 2 heterocycles. The molecule has 1 fully saturated rings. The summed E-state index contributed by atoms with van der Waals surface area (Å²) in [6, 6.07) is 0. The molecule has 1 unspecified atom stereocenters. The van der Waals surface area contributed by atoms with E-state index in [1.807, 2.05) is 0 Å². The summed E-state index contributed by atoms with van der Waals surface area (Å²) in [6.45, 7) is 3.02. The maximum Gasteiger partial charge on any atom is 0.356 e. The van der Waals surface area contributed by atoms with E-state index in [1.165, 1.54) is 9.82 Å². The van der Waals surface area contributed by atoms with Crippen LogP contribution in [0.1, 0.15) is 43.1 Å². The van der Waals surface area contributed by atoms with Gasteiger partial charge in [-0.1, -0.05) is 13.3 Å². The molecule has 0 spiro atoms. The zero-order valence-corrected chi connectivity index (χ0v) is 12.9. The number of rotatable bonds is 4. The van der Waals surface area contributed by atoms with E-state index < -0.39 is 16.0 Å². The van der Waals surface area contributed by atoms with Crippen LogP contribution >= 0.6 is 11.3 Å². The number of hydrogen-bond donors (Lipinski definition) is 1. The Balaban J connectivity index is 2.26. The van der Waals surface area contributed by atoms with Crippen molar-refractivity contribution >= 4 is 27.3 Å². The van der Waals surface area contributed by atoms with Gasteiger partial charge in [0.1, 0.15) is 0 Å². The summed E-state index contributed by atoms with van der Waals surface area (Å²) in [7, 11) is -3.74. The average Bonchev–Trinajstić information content (AvgIpc) is 2.78. The summed E-state index contributed by atoms with van der Waals surface area (Å²) >= 11 is 0.870. The summed E-state index contributed by atoms with van der Waals surface area (Å²) in [6.07, 6.45) is 3.72. The van der Waals surface area contributed by atoms with Crippen LogP contribution in [0, 0.1) is 5.92 Å². The molecule has 2 rings (SSSR count). The SMILES string of the molecule is CCC1CCCN(S(=O)(=O)c2scnc2C(=O)O)CC1. The largest absolute Gasteiger partial charge is 0.476 e. The Morgan fingerprint density at radius 2 is 2.25 bits per heavy atom. The van der Waals surface area contributed by atoms with E-state index in [0.717, 1.165) is 37.0 Å². The molecular weight excluding hydrogens is 300 g/mol. The van der Waals surface area contributed by atoms with Crippen LogP contribution < -0.4 is 0 Å². The van der Waals surface area contributed by atoms with Crippen LogP contribution in [0.15, 0.2) is 9.72 Å². The Morgan fingerprint density at radius 3 is 2.90 bits per heavy atom. The number of aromatic nitrogens is 1. The lowest BCUT2D eigenvalue weighted by Crippen LogP contribution is -2.32. The molecular formula is C12H18N2O4S2. The van der Waals surface area contributed by atoms with Crippen LogP contribution in [0.2, 0.25) is 0 Å². The van der Waals surface area contributed by atoms with Gasteiger partial charge in [0.05, 0.1) is 5.51 Å². The van der Waals surface area contributed by atoms with E-state index in [0.29, 0.717) is 19.0 Å². The Labute approximate surface area is 122 Å². The second-order valence-electron chi connectivity index (χ2n) is 4.90. The fourth-order valence-electron chi connectivity index (χ4n) is 2.47. The fourth-order valence-corrected chi connectivity index (χ4v) is 5.24. The minimum absolute atomic E-state index is 0.153. The molecule has 1 aromatic rings. The van der Waals surface area contributed by atoms with Crippen LogP contribution in [0.5, 0.6) is 0 Å². The van der Waals surface area contributed by atoms with Crippen LogP contribution in [0.3, 0.4) is 0 Å². The third kappa shape index (κ3) is 3.02. The lowest BCUT2D eigenvalue weighted by Gasteiger charge is -2.19. The van der Waals surface area contributed by atoms with E-state index in [4.69, 9.17) is 5.11 Å². The molecule has 0 aromatic carbocycles. The van der Waals surface area contributed by atoms with Gasteiger partial charge in [-0.05, 0) is 25.2 Å². The molecule has 1 aliphatic heterocycles. The van der Waals surface area contributed by atoms with Gasteiger partial charge < -0.3 is 5.11 Å². The van der Waals surface area contributed by atoms with Crippen molar-refractivity contribution in [2.24, 2.45) is 5.92 Å². The fraction of sp³-hybridized carbons (Fsp3) is 0.667. The van der Waals surface area contributed by atoms with Crippen LogP contribution in [-0.4, -0.2) is 41.9 Å². The molecule has 0 bridgehead atoms. The minimum Gasteiger partial charge on any atom is -0.476 e. The second-order valence-corrected chi connectivity index (χ2v) is 7.89. The molecule has 1 atom stereocenters. The Morgan fingerprint density at radius 1 is 1.50 bits per heavy atom. The molecule has 0 radical (unpaired) electrons. The monoisotopic (exact) mass is 318 g/mol. The van der Waals surface area contributed by atoms with E-state index in [9.17, 15) is 13.2 Å². The van der Waals surface area contributed by atoms with Crippen molar-refractivity contribution in [1.29, 1.82) is 0 Å². The van der Waals surface area contributed by atoms with Crippen LogP contribution in [0.4, 0.5) is 0 Å². The molecule has 112 valence electrons. The average molecular weight is 318 g/mol. The first-order valence-electron chi connectivity index (χ1n) is 6.63. The predicted octanol–water partition coefficient (Wildman–Crippen LogP) is 2.04. The number of carboxylic acids is 1. The number of sulfonamides is 1. The summed E-state index contributed by atoms with van der Waals surface area (Å²) in [5, 5.41) is 9.01. The van der Waals surface area contributed by atoms with Gasteiger partial charge >= 0.3 is 5.97 Å². The van der Waals surface area contributed by atoms with E-state index >= 15 is 0 Å². The molecule has 1 N–H and O–H groups in total. The zero-order valence-electron chi connectivity index (χ0n) is 11.3. The molecule has 1 saturated heterocycles. The topological polar surface area (TPSA) is 87.6 Å². The van der Waals surface area contributed by atoms with Gasteiger partial charge in [-0.25, -0.2) is 18.2 Å². The van der Waals surface area contributed by atoms with E-state index in [-0.39, 0.29) is 9.90 Å². The maximum absolute atomic E-state index is 12.6. The highest BCUT2D eigenvalue weighted by Gasteiger charge is 2.32. The molecule has 1 aliphatic rings. The van der Waals surface area contributed by atoms with Crippen molar-refractivity contribution in [3.05, 3.63) is 11.2 Å². The Hall–Kier alpha value is -0.990. The molecule has 0 aliphatic carbocycles. The number of nitrogens with zero attached hydrogens (tertiary/aromatic N) is 2. The molecule has 0 saturated carbocycles. The number of carboxylic acid groups (broad SMARTS) is 1. The number of thiazole rings is 1. The van der Waals surface area contributed by atoms with Crippen molar-refractivity contribution in [2.75, 3.05) is 13.1 Å². The van der Waals surface area contributed by atoms with Gasteiger partial charge in [0.2, 0.25) is 0 Å². The normalized spacial score (nSPS) is 21.6. The van der Waals surface area contributed by atoms with Crippen molar-refractivity contribution in [3.8, 4) is 0 Å². The van der Waals surface area contributed by atoms with Gasteiger partial charge in [-0.15, -0.1) is 11.3 Å². The Bertz CT molecular complexity index is 582. The standard InChI is InChI=1S/C12H18N2O4S2/c1-2-9-4-3-6-14(7-5-9)20(17,18)12-10(11(15)16)13-8-19-12/h8-9H,2-7H2,1H3,(H,15,16). The van der Waals surface area contributed by atoms with Crippen molar-refractivity contribution in [2.45, 2.75) is 36.8 Å². The first-order valence-corrected chi connectivity index (χ1v) is 8.95. The van der Waals surface area contributed by atoms with Gasteiger partial charge in [0.15, 0.2) is 9.90 Å². The van der Waals surface area contributed by atoms with Crippen molar-refractivity contribution < 1.29 is 18.3 Å².